The van der Waals surface area contributed by atoms with E-state index in [0.717, 1.165) is 6.54 Å². The normalized spacial score (nSPS) is 17.1. The minimum Gasteiger partial charge on any atom is -1.00 e. The molecular weight excluding hydrogens is 309 g/mol. The van der Waals surface area contributed by atoms with Gasteiger partial charge >= 0.3 is 0 Å². The zero-order valence-electron chi connectivity index (χ0n) is 10.8. The first-order valence-corrected chi connectivity index (χ1v) is 5.71. The van der Waals surface area contributed by atoms with Crippen molar-refractivity contribution in [1.29, 1.82) is 0 Å². The molecule has 1 aromatic carbocycles. The van der Waals surface area contributed by atoms with Gasteiger partial charge in [-0.3, -0.25) is 0 Å². The molecule has 0 bridgehead atoms. The summed E-state index contributed by atoms with van der Waals surface area (Å²) in [6.07, 6.45) is 0. The summed E-state index contributed by atoms with van der Waals surface area (Å²) in [5, 5.41) is 0. The van der Waals surface area contributed by atoms with E-state index in [0.29, 0.717) is 0 Å². The summed E-state index contributed by atoms with van der Waals surface area (Å²) in [5.74, 6) is 0. The Bertz CT molecular complexity index is 444. The Kier molecular flexibility index (Phi) is 3.83. The first-order valence-electron chi connectivity index (χ1n) is 5.71. The van der Waals surface area contributed by atoms with Gasteiger partial charge in [-0.25, -0.2) is 0 Å². The fourth-order valence-electron chi connectivity index (χ4n) is 2.51. The zero-order chi connectivity index (χ0) is 11.2. The average Bonchev–Trinajstić information content (AvgIpc) is 2.37. The van der Waals surface area contributed by atoms with Crippen LogP contribution in [0.25, 0.3) is 0 Å². The van der Waals surface area contributed by atoms with Gasteiger partial charge in [-0.15, -0.1) is 0 Å². The SMILES string of the molecule is CC[N+]1=C(C)C(C)(C)c2cc(C)ccc21.[I-]. The zero-order valence-corrected chi connectivity index (χ0v) is 12.9. The van der Waals surface area contributed by atoms with Crippen LogP contribution < -0.4 is 24.0 Å². The Hall–Kier alpha value is -0.380. The molecule has 16 heavy (non-hydrogen) atoms. The first-order chi connectivity index (χ1) is 6.98. The summed E-state index contributed by atoms with van der Waals surface area (Å²) in [5.41, 5.74) is 5.88. The highest BCUT2D eigenvalue weighted by Crippen LogP contribution is 2.39. The number of hydrogen-bond acceptors (Lipinski definition) is 0. The van der Waals surface area contributed by atoms with Crippen molar-refractivity contribution < 1.29 is 28.6 Å². The third kappa shape index (κ3) is 1.81. The average molecular weight is 329 g/mol. The molecule has 0 amide bonds. The molecule has 1 aliphatic heterocycles. The van der Waals surface area contributed by atoms with Crippen LogP contribution in [0.2, 0.25) is 0 Å². The number of aryl methyl sites for hydroxylation is 1. The minimum absolute atomic E-state index is 0. The monoisotopic (exact) mass is 329 g/mol. The van der Waals surface area contributed by atoms with Gasteiger partial charge in [-0.2, -0.15) is 4.58 Å². The topological polar surface area (TPSA) is 3.01 Å². The van der Waals surface area contributed by atoms with Crippen LogP contribution in [0, 0.1) is 6.92 Å². The van der Waals surface area contributed by atoms with Crippen molar-refractivity contribution in [3.8, 4) is 0 Å². The molecule has 0 saturated carbocycles. The van der Waals surface area contributed by atoms with Crippen molar-refractivity contribution in [1.82, 2.24) is 0 Å². The van der Waals surface area contributed by atoms with Crippen molar-refractivity contribution in [3.63, 3.8) is 0 Å². The Labute approximate surface area is 116 Å². The third-order valence-corrected chi connectivity index (χ3v) is 3.74. The van der Waals surface area contributed by atoms with E-state index in [4.69, 9.17) is 0 Å². The van der Waals surface area contributed by atoms with Gasteiger partial charge in [0.05, 0.1) is 5.41 Å². The third-order valence-electron chi connectivity index (χ3n) is 3.74. The molecule has 0 atom stereocenters. The van der Waals surface area contributed by atoms with Gasteiger partial charge in [0.2, 0.25) is 5.69 Å². The molecular formula is C14H20IN. The maximum Gasteiger partial charge on any atom is 0.209 e. The lowest BCUT2D eigenvalue weighted by atomic mass is 9.82. The van der Waals surface area contributed by atoms with Crippen LogP contribution in [0.1, 0.15) is 38.8 Å². The number of nitrogens with zero attached hydrogens (tertiary/aromatic N) is 1. The van der Waals surface area contributed by atoms with Gasteiger partial charge in [0.15, 0.2) is 5.71 Å². The van der Waals surface area contributed by atoms with Crippen LogP contribution in [-0.2, 0) is 5.41 Å². The lowest BCUT2D eigenvalue weighted by Gasteiger charge is -2.15. The van der Waals surface area contributed by atoms with E-state index in [-0.39, 0.29) is 29.4 Å². The second kappa shape index (κ2) is 4.47. The molecule has 2 rings (SSSR count). The van der Waals surface area contributed by atoms with Crippen LogP contribution in [-0.4, -0.2) is 16.8 Å². The summed E-state index contributed by atoms with van der Waals surface area (Å²) < 4.78 is 2.43. The molecule has 0 aliphatic carbocycles. The van der Waals surface area contributed by atoms with Crippen LogP contribution in [0.5, 0.6) is 0 Å². The van der Waals surface area contributed by atoms with E-state index < -0.39 is 0 Å². The highest BCUT2D eigenvalue weighted by Gasteiger charge is 2.42. The Morgan fingerprint density at radius 1 is 1.19 bits per heavy atom. The highest BCUT2D eigenvalue weighted by molar-refractivity contribution is 5.93. The van der Waals surface area contributed by atoms with E-state index in [9.17, 15) is 0 Å². The molecule has 0 unspecified atom stereocenters. The van der Waals surface area contributed by atoms with Gasteiger partial charge < -0.3 is 24.0 Å². The number of hydrogen-bond donors (Lipinski definition) is 0. The standard InChI is InChI=1S/C14H20N.HI/c1-6-15-11(3)14(4,5)12-9-10(2)7-8-13(12)15;/h7-9H,6H2,1-5H3;1H/q+1;/p-1. The highest BCUT2D eigenvalue weighted by atomic mass is 127. The van der Waals surface area contributed by atoms with E-state index in [1.54, 1.807) is 0 Å². The van der Waals surface area contributed by atoms with E-state index in [1.807, 2.05) is 0 Å². The lowest BCUT2D eigenvalue weighted by Crippen LogP contribution is -3.00. The van der Waals surface area contributed by atoms with Gasteiger partial charge in [-0.05, 0) is 33.8 Å². The quantitative estimate of drug-likeness (QED) is 0.519. The Morgan fingerprint density at radius 3 is 2.38 bits per heavy atom. The summed E-state index contributed by atoms with van der Waals surface area (Å²) in [7, 11) is 0. The van der Waals surface area contributed by atoms with Gasteiger partial charge in [-0.1, -0.05) is 11.6 Å². The molecule has 0 saturated heterocycles. The first kappa shape index (κ1) is 13.7. The molecule has 0 N–H and O–H groups in total. The molecule has 0 radical (unpaired) electrons. The molecule has 0 spiro atoms. The van der Waals surface area contributed by atoms with Crippen LogP contribution >= 0.6 is 0 Å². The second-order valence-electron chi connectivity index (χ2n) is 4.98. The molecule has 1 heterocycles. The predicted octanol–water partition coefficient (Wildman–Crippen LogP) is 0.415. The summed E-state index contributed by atoms with van der Waals surface area (Å²) >= 11 is 0. The molecule has 1 aliphatic rings. The molecule has 1 nitrogen and oxygen atoms in total. The molecule has 2 heteroatoms. The fourth-order valence-corrected chi connectivity index (χ4v) is 2.51. The molecule has 1 aromatic rings. The van der Waals surface area contributed by atoms with E-state index in [1.165, 1.54) is 22.5 Å². The van der Waals surface area contributed by atoms with Crippen molar-refractivity contribution >= 4 is 11.4 Å². The summed E-state index contributed by atoms with van der Waals surface area (Å²) in [4.78, 5) is 0. The fraction of sp³-hybridized carbons (Fsp3) is 0.500. The largest absolute Gasteiger partial charge is 1.00 e. The molecule has 88 valence electrons. The lowest BCUT2D eigenvalue weighted by molar-refractivity contribution is -0.434. The van der Waals surface area contributed by atoms with Crippen LogP contribution in [0.3, 0.4) is 0 Å². The van der Waals surface area contributed by atoms with Crippen molar-refractivity contribution in [2.75, 3.05) is 6.54 Å². The van der Waals surface area contributed by atoms with Gasteiger partial charge in [0.1, 0.15) is 6.54 Å². The number of halogens is 1. The van der Waals surface area contributed by atoms with Gasteiger partial charge in [0.25, 0.3) is 0 Å². The summed E-state index contributed by atoms with van der Waals surface area (Å²) in [6.45, 7) is 12.3. The van der Waals surface area contributed by atoms with Gasteiger partial charge in [0, 0.05) is 18.6 Å². The number of rotatable bonds is 1. The van der Waals surface area contributed by atoms with Crippen molar-refractivity contribution in [2.45, 2.75) is 40.0 Å². The Morgan fingerprint density at radius 2 is 1.81 bits per heavy atom. The summed E-state index contributed by atoms with van der Waals surface area (Å²) in [6, 6.07) is 6.79. The molecule has 0 aromatic heterocycles. The maximum absolute atomic E-state index is 2.43. The smallest absolute Gasteiger partial charge is 0.209 e. The number of benzene rings is 1. The van der Waals surface area contributed by atoms with Crippen molar-refractivity contribution in [3.05, 3.63) is 29.3 Å². The van der Waals surface area contributed by atoms with Crippen LogP contribution in [0.15, 0.2) is 18.2 Å². The van der Waals surface area contributed by atoms with Crippen molar-refractivity contribution in [2.24, 2.45) is 0 Å². The molecule has 0 fully saturated rings. The van der Waals surface area contributed by atoms with Crippen LogP contribution in [0.4, 0.5) is 5.69 Å². The van der Waals surface area contributed by atoms with E-state index in [2.05, 4.69) is 57.4 Å². The minimum atomic E-state index is 0. The predicted molar refractivity (Wildman–Crippen MR) is 65.3 cm³/mol. The Balaban J connectivity index is 0.00000128. The maximum atomic E-state index is 2.43. The number of fused-ring (bicyclic) bond motifs is 1. The second-order valence-corrected chi connectivity index (χ2v) is 4.98. The van der Waals surface area contributed by atoms with E-state index >= 15 is 0 Å².